The molecule has 1 fully saturated rings. The molecule has 140 valence electrons. The minimum Gasteiger partial charge on any atom is -0.493 e. The Morgan fingerprint density at radius 1 is 1.20 bits per heavy atom. The maximum Gasteiger partial charge on any atom is 0.224 e. The van der Waals surface area contributed by atoms with Crippen molar-refractivity contribution in [3.8, 4) is 11.5 Å². The molecule has 0 saturated carbocycles. The first-order valence-corrected chi connectivity index (χ1v) is 8.21. The number of guanidine groups is 1. The van der Waals surface area contributed by atoms with Crippen LogP contribution in [0, 0.1) is 0 Å². The van der Waals surface area contributed by atoms with E-state index in [1.807, 2.05) is 11.0 Å². The van der Waals surface area contributed by atoms with E-state index in [-0.39, 0.29) is 35.8 Å². The normalized spacial score (nSPS) is 14.5. The van der Waals surface area contributed by atoms with E-state index < -0.39 is 0 Å². The van der Waals surface area contributed by atoms with Crippen molar-refractivity contribution in [2.45, 2.75) is 25.7 Å². The molecule has 1 aliphatic rings. The minimum atomic E-state index is 0. The van der Waals surface area contributed by atoms with Crippen LogP contribution in [-0.4, -0.2) is 50.6 Å². The molecular weight excluding hydrogens is 435 g/mol. The first-order chi connectivity index (χ1) is 11.6. The highest BCUT2D eigenvalue weighted by atomic mass is 127. The molecule has 0 aromatic heterocycles. The number of aliphatic imine (C=N–C) groups is 1. The summed E-state index contributed by atoms with van der Waals surface area (Å²) < 4.78 is 10.4. The molecular formula is C17H27IN4O3. The van der Waals surface area contributed by atoms with Gasteiger partial charge in [0.05, 0.1) is 20.8 Å². The van der Waals surface area contributed by atoms with Crippen molar-refractivity contribution in [1.29, 1.82) is 0 Å². The van der Waals surface area contributed by atoms with E-state index in [1.165, 1.54) is 6.42 Å². The molecule has 8 heteroatoms. The number of methoxy groups -OCH3 is 2. The number of anilines is 1. The molecule has 2 rings (SSSR count). The van der Waals surface area contributed by atoms with Gasteiger partial charge in [-0.15, -0.1) is 24.0 Å². The molecule has 0 unspecified atom stereocenters. The number of halogens is 1. The molecule has 0 aliphatic carbocycles. The maximum atomic E-state index is 12.1. The van der Waals surface area contributed by atoms with Gasteiger partial charge in [0.15, 0.2) is 17.5 Å². The van der Waals surface area contributed by atoms with Crippen molar-refractivity contribution >= 4 is 41.5 Å². The van der Waals surface area contributed by atoms with Crippen molar-refractivity contribution in [1.82, 2.24) is 4.90 Å². The SMILES string of the molecule is COc1ccc(NC(N)=NCCC(=O)N2CCCCC2)cc1OC.I. The summed E-state index contributed by atoms with van der Waals surface area (Å²) in [7, 11) is 3.16. The van der Waals surface area contributed by atoms with Crippen LogP contribution >= 0.6 is 24.0 Å². The number of benzene rings is 1. The lowest BCUT2D eigenvalue weighted by Crippen LogP contribution is -2.36. The number of nitrogens with zero attached hydrogens (tertiary/aromatic N) is 2. The number of nitrogens with one attached hydrogen (secondary N) is 1. The lowest BCUT2D eigenvalue weighted by atomic mass is 10.1. The fourth-order valence-electron chi connectivity index (χ4n) is 2.67. The van der Waals surface area contributed by atoms with E-state index in [0.717, 1.165) is 31.6 Å². The van der Waals surface area contributed by atoms with Crippen molar-refractivity contribution < 1.29 is 14.3 Å². The summed E-state index contributed by atoms with van der Waals surface area (Å²) in [6, 6.07) is 5.39. The second-order valence-corrected chi connectivity index (χ2v) is 5.65. The molecule has 0 radical (unpaired) electrons. The Morgan fingerprint density at radius 2 is 1.88 bits per heavy atom. The average molecular weight is 462 g/mol. The van der Waals surface area contributed by atoms with Gasteiger partial charge in [-0.05, 0) is 31.4 Å². The summed E-state index contributed by atoms with van der Waals surface area (Å²) in [5.41, 5.74) is 6.62. The van der Waals surface area contributed by atoms with E-state index in [0.29, 0.717) is 24.5 Å². The Hall–Kier alpha value is -1.71. The van der Waals surface area contributed by atoms with Gasteiger partial charge in [-0.3, -0.25) is 9.79 Å². The summed E-state index contributed by atoms with van der Waals surface area (Å²) in [6.45, 7) is 2.10. The van der Waals surface area contributed by atoms with Crippen LogP contribution < -0.4 is 20.5 Å². The number of carbonyl (C=O) groups excluding carboxylic acids is 1. The molecule has 1 aromatic carbocycles. The molecule has 1 aromatic rings. The van der Waals surface area contributed by atoms with Crippen LogP contribution in [0.4, 0.5) is 5.69 Å². The van der Waals surface area contributed by atoms with Gasteiger partial charge in [0.2, 0.25) is 5.91 Å². The fraction of sp³-hybridized carbons (Fsp3) is 0.529. The molecule has 7 nitrogen and oxygen atoms in total. The smallest absolute Gasteiger partial charge is 0.224 e. The number of likely N-dealkylation sites (tertiary alicyclic amines) is 1. The Labute approximate surface area is 166 Å². The van der Waals surface area contributed by atoms with E-state index in [4.69, 9.17) is 15.2 Å². The van der Waals surface area contributed by atoms with Gasteiger partial charge in [-0.2, -0.15) is 0 Å². The predicted octanol–water partition coefficient (Wildman–Crippen LogP) is 2.45. The topological polar surface area (TPSA) is 89.2 Å². The quantitative estimate of drug-likeness (QED) is 0.385. The second-order valence-electron chi connectivity index (χ2n) is 5.65. The highest BCUT2D eigenvalue weighted by Crippen LogP contribution is 2.29. The van der Waals surface area contributed by atoms with Gasteiger partial charge in [0, 0.05) is 31.3 Å². The van der Waals surface area contributed by atoms with E-state index >= 15 is 0 Å². The Kier molecular flexibility index (Phi) is 9.40. The number of piperidine rings is 1. The zero-order valence-corrected chi connectivity index (χ0v) is 17.1. The predicted molar refractivity (Wildman–Crippen MR) is 110 cm³/mol. The largest absolute Gasteiger partial charge is 0.493 e. The molecule has 1 saturated heterocycles. The Balaban J connectivity index is 0.00000312. The van der Waals surface area contributed by atoms with Gasteiger partial charge in [0.25, 0.3) is 0 Å². The van der Waals surface area contributed by atoms with Crippen LogP contribution in [0.3, 0.4) is 0 Å². The van der Waals surface area contributed by atoms with Crippen molar-refractivity contribution in [3.63, 3.8) is 0 Å². The zero-order valence-electron chi connectivity index (χ0n) is 14.8. The van der Waals surface area contributed by atoms with Crippen molar-refractivity contribution in [2.24, 2.45) is 10.7 Å². The Morgan fingerprint density at radius 3 is 2.52 bits per heavy atom. The molecule has 1 heterocycles. The van der Waals surface area contributed by atoms with E-state index in [2.05, 4.69) is 10.3 Å². The van der Waals surface area contributed by atoms with Gasteiger partial charge in [-0.1, -0.05) is 0 Å². The molecule has 25 heavy (non-hydrogen) atoms. The van der Waals surface area contributed by atoms with Crippen LogP contribution in [0.1, 0.15) is 25.7 Å². The highest BCUT2D eigenvalue weighted by molar-refractivity contribution is 14.0. The monoisotopic (exact) mass is 462 g/mol. The number of carbonyl (C=O) groups is 1. The third-order valence-electron chi connectivity index (χ3n) is 3.97. The number of rotatable bonds is 6. The summed E-state index contributed by atoms with van der Waals surface area (Å²) in [4.78, 5) is 18.2. The summed E-state index contributed by atoms with van der Waals surface area (Å²) in [5.74, 6) is 1.67. The molecule has 0 spiro atoms. The standard InChI is InChI=1S/C17H26N4O3.HI/c1-23-14-7-6-13(12-15(14)24-2)20-17(18)19-9-8-16(22)21-10-4-3-5-11-21;/h6-7,12H,3-5,8-11H2,1-2H3,(H3,18,19,20);1H. The van der Waals surface area contributed by atoms with Gasteiger partial charge < -0.3 is 25.4 Å². The average Bonchev–Trinajstić information content (AvgIpc) is 2.62. The number of hydrogen-bond donors (Lipinski definition) is 2. The third kappa shape index (κ3) is 6.60. The summed E-state index contributed by atoms with van der Waals surface area (Å²) >= 11 is 0. The van der Waals surface area contributed by atoms with Crippen LogP contribution in [0.5, 0.6) is 11.5 Å². The van der Waals surface area contributed by atoms with Crippen molar-refractivity contribution in [2.75, 3.05) is 39.2 Å². The van der Waals surface area contributed by atoms with Crippen LogP contribution in [0.2, 0.25) is 0 Å². The second kappa shape index (κ2) is 11.0. The first-order valence-electron chi connectivity index (χ1n) is 8.21. The number of nitrogens with two attached hydrogens (primary N) is 1. The molecule has 0 atom stereocenters. The van der Waals surface area contributed by atoms with Crippen molar-refractivity contribution in [3.05, 3.63) is 18.2 Å². The van der Waals surface area contributed by atoms with Crippen LogP contribution in [-0.2, 0) is 4.79 Å². The minimum absolute atomic E-state index is 0. The molecule has 3 N–H and O–H groups in total. The Bertz CT molecular complexity index is 589. The van der Waals surface area contributed by atoms with E-state index in [9.17, 15) is 4.79 Å². The lowest BCUT2D eigenvalue weighted by Gasteiger charge is -2.26. The number of amides is 1. The number of ether oxygens (including phenoxy) is 2. The molecule has 1 aliphatic heterocycles. The first kappa shape index (κ1) is 21.3. The van der Waals surface area contributed by atoms with E-state index in [1.54, 1.807) is 26.4 Å². The highest BCUT2D eigenvalue weighted by Gasteiger charge is 2.15. The third-order valence-corrected chi connectivity index (χ3v) is 3.97. The zero-order chi connectivity index (χ0) is 17.4. The number of hydrogen-bond acceptors (Lipinski definition) is 4. The fourth-order valence-corrected chi connectivity index (χ4v) is 2.67. The van der Waals surface area contributed by atoms with Gasteiger partial charge in [0.1, 0.15) is 0 Å². The van der Waals surface area contributed by atoms with Gasteiger partial charge >= 0.3 is 0 Å². The lowest BCUT2D eigenvalue weighted by molar-refractivity contribution is -0.131. The molecule has 0 bridgehead atoms. The molecule has 1 amide bonds. The summed E-state index contributed by atoms with van der Waals surface area (Å²) in [6.07, 6.45) is 3.79. The summed E-state index contributed by atoms with van der Waals surface area (Å²) in [5, 5.41) is 2.99. The van der Waals surface area contributed by atoms with Crippen LogP contribution in [0.25, 0.3) is 0 Å². The van der Waals surface area contributed by atoms with Gasteiger partial charge in [-0.25, -0.2) is 0 Å². The van der Waals surface area contributed by atoms with Crippen LogP contribution in [0.15, 0.2) is 23.2 Å². The maximum absolute atomic E-state index is 12.1.